The van der Waals surface area contributed by atoms with E-state index >= 15 is 0 Å². The zero-order valence-corrected chi connectivity index (χ0v) is 11.7. The fourth-order valence-corrected chi connectivity index (χ4v) is 4.00. The summed E-state index contributed by atoms with van der Waals surface area (Å²) in [5.41, 5.74) is -0.210. The Morgan fingerprint density at radius 1 is 1.00 bits per heavy atom. The smallest absolute Gasteiger partial charge is 0.316 e. The zero-order chi connectivity index (χ0) is 11.4. The van der Waals surface area contributed by atoms with Crippen LogP contribution in [-0.2, 0) is 26.6 Å². The van der Waals surface area contributed by atoms with E-state index in [1.54, 1.807) is 7.11 Å². The standard InChI is InChI=1S/C7H14O6P2S/c1-8-14-9-3-7(4-10-14)5-11-15(12-6-7)13-16-2/h3-6H2,1-2H3. The Hall–Kier alpha value is 0.970. The van der Waals surface area contributed by atoms with Crippen molar-refractivity contribution in [1.29, 1.82) is 0 Å². The normalized spacial score (nSPS) is 40.1. The van der Waals surface area contributed by atoms with E-state index in [0.717, 1.165) is 0 Å². The van der Waals surface area contributed by atoms with E-state index in [0.29, 0.717) is 26.4 Å². The fraction of sp³-hybridized carbons (Fsp3) is 1.00. The molecule has 6 nitrogen and oxygen atoms in total. The van der Waals surface area contributed by atoms with E-state index < -0.39 is 17.2 Å². The van der Waals surface area contributed by atoms with Crippen molar-refractivity contribution < 1.29 is 26.6 Å². The summed E-state index contributed by atoms with van der Waals surface area (Å²) < 4.78 is 32.0. The Kier molecular flexibility index (Phi) is 5.22. The van der Waals surface area contributed by atoms with Gasteiger partial charge in [0.05, 0.1) is 31.8 Å². The van der Waals surface area contributed by atoms with Gasteiger partial charge in [-0.1, -0.05) is 0 Å². The highest BCUT2D eigenvalue weighted by molar-refractivity contribution is 7.96. The lowest BCUT2D eigenvalue weighted by Crippen LogP contribution is -2.44. The van der Waals surface area contributed by atoms with Gasteiger partial charge < -0.3 is 22.6 Å². The van der Waals surface area contributed by atoms with Crippen LogP contribution >= 0.6 is 29.2 Å². The molecule has 94 valence electrons. The topological polar surface area (TPSA) is 55.4 Å². The first kappa shape index (κ1) is 13.4. The maximum absolute atomic E-state index is 5.49. The van der Waals surface area contributed by atoms with E-state index in [4.69, 9.17) is 26.6 Å². The molecule has 2 saturated heterocycles. The van der Waals surface area contributed by atoms with Crippen LogP contribution in [0.3, 0.4) is 0 Å². The van der Waals surface area contributed by atoms with Crippen molar-refractivity contribution in [3.8, 4) is 0 Å². The van der Waals surface area contributed by atoms with Gasteiger partial charge in [-0.25, -0.2) is 3.97 Å². The van der Waals surface area contributed by atoms with Crippen molar-refractivity contribution in [1.82, 2.24) is 0 Å². The lowest BCUT2D eigenvalue weighted by Gasteiger charge is -2.41. The van der Waals surface area contributed by atoms with Gasteiger partial charge in [-0.3, -0.25) is 0 Å². The van der Waals surface area contributed by atoms with Gasteiger partial charge in [0.2, 0.25) is 0 Å². The highest BCUT2D eigenvalue weighted by Gasteiger charge is 2.43. The average molecular weight is 288 g/mol. The summed E-state index contributed by atoms with van der Waals surface area (Å²) in [7, 11) is -0.818. The molecule has 0 bridgehead atoms. The quantitative estimate of drug-likeness (QED) is 0.584. The Balaban J connectivity index is 1.79. The molecule has 9 heteroatoms. The summed E-state index contributed by atoms with van der Waals surface area (Å²) in [6, 6.07) is 0. The van der Waals surface area contributed by atoms with Gasteiger partial charge in [0.15, 0.2) is 0 Å². The average Bonchev–Trinajstić information content (AvgIpc) is 2.34. The lowest BCUT2D eigenvalue weighted by atomic mass is 9.93. The largest absolute Gasteiger partial charge is 0.344 e. The van der Waals surface area contributed by atoms with Gasteiger partial charge in [-0.2, -0.15) is 0 Å². The van der Waals surface area contributed by atoms with Crippen LogP contribution in [0.5, 0.6) is 0 Å². The maximum Gasteiger partial charge on any atom is 0.344 e. The Morgan fingerprint density at radius 2 is 1.50 bits per heavy atom. The highest BCUT2D eigenvalue weighted by Crippen LogP contribution is 2.53. The van der Waals surface area contributed by atoms with Gasteiger partial charge in [0, 0.05) is 13.4 Å². The van der Waals surface area contributed by atoms with Gasteiger partial charge >= 0.3 is 17.2 Å². The summed E-state index contributed by atoms with van der Waals surface area (Å²) in [6.07, 6.45) is 1.83. The maximum atomic E-state index is 5.49. The van der Waals surface area contributed by atoms with Gasteiger partial charge in [-0.05, 0) is 12.0 Å². The molecule has 1 spiro atoms. The minimum Gasteiger partial charge on any atom is -0.316 e. The van der Waals surface area contributed by atoms with Crippen LogP contribution in [0.15, 0.2) is 0 Å². The van der Waals surface area contributed by atoms with E-state index in [1.165, 1.54) is 12.0 Å². The van der Waals surface area contributed by atoms with Crippen molar-refractivity contribution in [2.45, 2.75) is 0 Å². The molecular formula is C7H14O6P2S. The molecule has 2 aliphatic rings. The minimum absolute atomic E-state index is 0.210. The van der Waals surface area contributed by atoms with Crippen LogP contribution in [0.2, 0.25) is 0 Å². The summed E-state index contributed by atoms with van der Waals surface area (Å²) >= 11 is 1.25. The monoisotopic (exact) mass is 288 g/mol. The molecule has 0 aromatic heterocycles. The molecule has 2 aliphatic heterocycles. The van der Waals surface area contributed by atoms with Crippen LogP contribution in [0, 0.1) is 5.41 Å². The van der Waals surface area contributed by atoms with Gasteiger partial charge in [-0.15, -0.1) is 0 Å². The number of rotatable bonds is 3. The molecule has 0 atom stereocenters. The minimum atomic E-state index is -1.21. The van der Waals surface area contributed by atoms with Gasteiger partial charge in [0.1, 0.15) is 0 Å². The molecule has 0 N–H and O–H groups in total. The zero-order valence-electron chi connectivity index (χ0n) is 9.08. The third kappa shape index (κ3) is 3.25. The molecule has 2 fully saturated rings. The van der Waals surface area contributed by atoms with Crippen molar-refractivity contribution in [3.63, 3.8) is 0 Å². The molecule has 0 aliphatic carbocycles. The second-order valence-electron chi connectivity index (χ2n) is 3.46. The lowest BCUT2D eigenvalue weighted by molar-refractivity contribution is -0.0695. The molecule has 2 rings (SSSR count). The molecule has 0 amide bonds. The van der Waals surface area contributed by atoms with E-state index in [1.807, 2.05) is 6.26 Å². The first-order valence-electron chi connectivity index (χ1n) is 4.65. The summed E-state index contributed by atoms with van der Waals surface area (Å²) in [4.78, 5) is 0. The first-order valence-corrected chi connectivity index (χ1v) is 7.99. The number of hydrogen-bond donors (Lipinski definition) is 0. The summed E-state index contributed by atoms with van der Waals surface area (Å²) in [5, 5.41) is 0. The molecular weight excluding hydrogens is 274 g/mol. The van der Waals surface area contributed by atoms with Gasteiger partial charge in [0.25, 0.3) is 0 Å². The number of hydrogen-bond acceptors (Lipinski definition) is 7. The first-order chi connectivity index (χ1) is 7.78. The summed E-state index contributed by atoms with van der Waals surface area (Å²) in [5.74, 6) is 0. The second kappa shape index (κ2) is 6.23. The van der Waals surface area contributed by atoms with Crippen molar-refractivity contribution in [2.24, 2.45) is 5.41 Å². The molecule has 0 aromatic carbocycles. The van der Waals surface area contributed by atoms with Crippen molar-refractivity contribution >= 4 is 29.2 Å². The Labute approximate surface area is 101 Å². The third-order valence-corrected chi connectivity index (χ3v) is 4.93. The predicted molar refractivity (Wildman–Crippen MR) is 61.7 cm³/mol. The van der Waals surface area contributed by atoms with Crippen molar-refractivity contribution in [2.75, 3.05) is 39.8 Å². The fourth-order valence-electron chi connectivity index (χ4n) is 1.29. The Bertz CT molecular complexity index is 215. The molecule has 0 saturated carbocycles. The Morgan fingerprint density at radius 3 is 1.94 bits per heavy atom. The molecule has 0 unspecified atom stereocenters. The van der Waals surface area contributed by atoms with Crippen LogP contribution in [0.1, 0.15) is 0 Å². The van der Waals surface area contributed by atoms with Crippen LogP contribution in [0.4, 0.5) is 0 Å². The molecule has 2 heterocycles. The second-order valence-corrected chi connectivity index (χ2v) is 6.69. The van der Waals surface area contributed by atoms with E-state index in [9.17, 15) is 0 Å². The predicted octanol–water partition coefficient (Wildman–Crippen LogP) is 2.46. The molecule has 0 aromatic rings. The SMILES string of the molecule is COP1OCC2(CO1)COP(OSC)OC2. The summed E-state index contributed by atoms with van der Waals surface area (Å²) in [6.45, 7) is 2.14. The van der Waals surface area contributed by atoms with Crippen LogP contribution < -0.4 is 0 Å². The highest BCUT2D eigenvalue weighted by atomic mass is 32.2. The van der Waals surface area contributed by atoms with E-state index in [-0.39, 0.29) is 5.41 Å². The van der Waals surface area contributed by atoms with Crippen molar-refractivity contribution in [3.05, 3.63) is 0 Å². The van der Waals surface area contributed by atoms with Crippen LogP contribution in [-0.4, -0.2) is 39.8 Å². The molecule has 16 heavy (non-hydrogen) atoms. The third-order valence-electron chi connectivity index (χ3n) is 2.19. The van der Waals surface area contributed by atoms with E-state index in [2.05, 4.69) is 0 Å². The van der Waals surface area contributed by atoms with Crippen LogP contribution in [0.25, 0.3) is 0 Å². The molecule has 0 radical (unpaired) electrons.